The van der Waals surface area contributed by atoms with Crippen molar-refractivity contribution < 1.29 is 19.0 Å². The fraction of sp³-hybridized carbons (Fsp3) is 0.591. The number of carbonyl (C=O) groups is 1. The molecule has 0 N–H and O–H groups in total. The van der Waals surface area contributed by atoms with E-state index >= 15 is 0 Å². The number of nitrogens with zero attached hydrogens (tertiary/aromatic N) is 1. The maximum absolute atomic E-state index is 12.5. The molecule has 3 rings (SSSR count). The second kappa shape index (κ2) is 9.38. The molecule has 1 saturated carbocycles. The highest BCUT2D eigenvalue weighted by atomic mass is 16.7. The predicted octanol–water partition coefficient (Wildman–Crippen LogP) is 4.33. The van der Waals surface area contributed by atoms with Crippen LogP contribution in [-0.4, -0.2) is 50.2 Å². The normalized spacial score (nSPS) is 30.9. The summed E-state index contributed by atoms with van der Waals surface area (Å²) in [6.07, 6.45) is 8.46. The molecule has 148 valence electrons. The van der Waals surface area contributed by atoms with E-state index in [0.29, 0.717) is 11.8 Å². The van der Waals surface area contributed by atoms with E-state index in [2.05, 4.69) is 43.3 Å². The summed E-state index contributed by atoms with van der Waals surface area (Å²) in [5, 5.41) is 0. The van der Waals surface area contributed by atoms with Gasteiger partial charge in [0.1, 0.15) is 6.79 Å². The highest BCUT2D eigenvalue weighted by Gasteiger charge is 2.47. The Kier molecular flexibility index (Phi) is 6.91. The molecule has 0 bridgehead atoms. The van der Waals surface area contributed by atoms with Crippen LogP contribution in [0.25, 0.3) is 6.08 Å². The van der Waals surface area contributed by atoms with Crippen molar-refractivity contribution in [2.45, 2.75) is 50.8 Å². The Morgan fingerprint density at radius 1 is 1.22 bits per heavy atom. The quantitative estimate of drug-likeness (QED) is 0.721. The number of allylic oxidation sites excluding steroid dienone is 1. The van der Waals surface area contributed by atoms with Crippen molar-refractivity contribution >= 4 is 12.2 Å². The molecule has 1 amide bonds. The van der Waals surface area contributed by atoms with Crippen LogP contribution in [0.15, 0.2) is 36.4 Å². The first kappa shape index (κ1) is 19.9. The molecule has 0 radical (unpaired) electrons. The average Bonchev–Trinajstić information content (AvgIpc) is 2.71. The molecular weight excluding hydrogens is 342 g/mol. The van der Waals surface area contributed by atoms with Crippen LogP contribution in [0, 0.1) is 11.8 Å². The molecule has 5 heteroatoms. The first-order valence-electron chi connectivity index (χ1n) is 9.85. The maximum atomic E-state index is 12.5. The van der Waals surface area contributed by atoms with Gasteiger partial charge in [-0.15, -0.1) is 0 Å². The minimum Gasteiger partial charge on any atom is -0.453 e. The lowest BCUT2D eigenvalue weighted by atomic mass is 9.69. The Bertz CT molecular complexity index is 632. The van der Waals surface area contributed by atoms with Crippen LogP contribution in [-0.2, 0) is 14.2 Å². The molecule has 1 aliphatic carbocycles. The van der Waals surface area contributed by atoms with Crippen LogP contribution < -0.4 is 0 Å². The zero-order valence-corrected chi connectivity index (χ0v) is 16.5. The minimum atomic E-state index is -0.254. The summed E-state index contributed by atoms with van der Waals surface area (Å²) in [7, 11) is 3.08. The maximum Gasteiger partial charge on any atom is 0.410 e. The van der Waals surface area contributed by atoms with Crippen LogP contribution in [0.4, 0.5) is 4.79 Å². The summed E-state index contributed by atoms with van der Waals surface area (Å²) in [5.74, 6) is 0.799. The first-order chi connectivity index (χ1) is 13.2. The molecule has 2 aliphatic rings. The Labute approximate surface area is 162 Å². The third kappa shape index (κ3) is 4.53. The SMILES string of the molecule is COCO[C@H]1C[C@H]2[C@H](/C=C/c3ccccc3)CCC[C@H]2N(C(=O)OC)[C@H]1C. The monoisotopic (exact) mass is 373 g/mol. The number of likely N-dealkylation sites (tertiary alicyclic amines) is 1. The minimum absolute atomic E-state index is 0.0225. The van der Waals surface area contributed by atoms with E-state index in [1.54, 1.807) is 7.11 Å². The molecule has 1 heterocycles. The Morgan fingerprint density at radius 2 is 2.00 bits per heavy atom. The van der Waals surface area contributed by atoms with Gasteiger partial charge in [-0.3, -0.25) is 4.90 Å². The van der Waals surface area contributed by atoms with Crippen molar-refractivity contribution in [3.8, 4) is 0 Å². The van der Waals surface area contributed by atoms with E-state index in [0.717, 1.165) is 25.7 Å². The predicted molar refractivity (Wildman–Crippen MR) is 105 cm³/mol. The topological polar surface area (TPSA) is 48.0 Å². The lowest BCUT2D eigenvalue weighted by molar-refractivity contribution is -0.136. The van der Waals surface area contributed by atoms with Crippen molar-refractivity contribution in [1.29, 1.82) is 0 Å². The Balaban J connectivity index is 1.82. The van der Waals surface area contributed by atoms with E-state index in [1.165, 1.54) is 12.7 Å². The van der Waals surface area contributed by atoms with E-state index in [1.807, 2.05) is 11.0 Å². The molecular formula is C22H31NO4. The van der Waals surface area contributed by atoms with Gasteiger partial charge >= 0.3 is 6.09 Å². The standard InChI is InChI=1S/C22H31NO4/c1-16-21(27-15-25-2)14-19-18(13-12-17-8-5-4-6-9-17)10-7-11-20(19)23(16)22(24)26-3/h4-6,8-9,12-13,16,18-21H,7,10-11,14-15H2,1-3H3/b13-12+/t16-,18-,19-,20+,21-/m0/s1. The van der Waals surface area contributed by atoms with Crippen molar-refractivity contribution in [1.82, 2.24) is 4.90 Å². The summed E-state index contributed by atoms with van der Waals surface area (Å²) in [6, 6.07) is 10.6. The number of benzene rings is 1. The lowest BCUT2D eigenvalue weighted by Gasteiger charge is -2.51. The molecule has 1 aliphatic heterocycles. The number of hydrogen-bond acceptors (Lipinski definition) is 4. The summed E-state index contributed by atoms with van der Waals surface area (Å²) in [5.41, 5.74) is 1.21. The molecule has 5 atom stereocenters. The molecule has 1 saturated heterocycles. The van der Waals surface area contributed by atoms with E-state index in [-0.39, 0.29) is 31.1 Å². The number of piperidine rings is 1. The summed E-state index contributed by atoms with van der Waals surface area (Å²) in [4.78, 5) is 14.5. The van der Waals surface area contributed by atoms with E-state index < -0.39 is 0 Å². The van der Waals surface area contributed by atoms with Gasteiger partial charge in [-0.1, -0.05) is 48.9 Å². The van der Waals surface area contributed by atoms with Gasteiger partial charge in [0.2, 0.25) is 0 Å². The van der Waals surface area contributed by atoms with E-state index in [9.17, 15) is 4.79 Å². The summed E-state index contributed by atoms with van der Waals surface area (Å²) in [6.45, 7) is 2.29. The zero-order valence-electron chi connectivity index (χ0n) is 16.5. The molecule has 0 aromatic heterocycles. The van der Waals surface area contributed by atoms with Gasteiger partial charge in [-0.25, -0.2) is 4.79 Å². The Morgan fingerprint density at radius 3 is 2.70 bits per heavy atom. The van der Waals surface area contributed by atoms with Crippen LogP contribution in [0.1, 0.15) is 38.2 Å². The van der Waals surface area contributed by atoms with Crippen molar-refractivity contribution in [2.75, 3.05) is 21.0 Å². The number of fused-ring (bicyclic) bond motifs is 1. The summed E-state index contributed by atoms with van der Waals surface area (Å²) >= 11 is 0. The number of hydrogen-bond donors (Lipinski definition) is 0. The molecule has 0 unspecified atom stereocenters. The fourth-order valence-corrected chi connectivity index (χ4v) is 4.71. The molecule has 1 aromatic carbocycles. The zero-order chi connectivity index (χ0) is 19.2. The number of carbonyl (C=O) groups excluding carboxylic acids is 1. The first-order valence-corrected chi connectivity index (χ1v) is 9.85. The fourth-order valence-electron chi connectivity index (χ4n) is 4.71. The van der Waals surface area contributed by atoms with Crippen LogP contribution >= 0.6 is 0 Å². The summed E-state index contributed by atoms with van der Waals surface area (Å²) < 4.78 is 16.2. The third-order valence-corrected chi connectivity index (χ3v) is 6.04. The lowest BCUT2D eigenvalue weighted by Crippen LogP contribution is -2.61. The molecule has 0 spiro atoms. The Hall–Kier alpha value is -1.85. The van der Waals surface area contributed by atoms with Gasteiger partial charge in [-0.2, -0.15) is 0 Å². The van der Waals surface area contributed by atoms with Crippen LogP contribution in [0.2, 0.25) is 0 Å². The van der Waals surface area contributed by atoms with Gasteiger partial charge in [-0.05, 0) is 43.6 Å². The molecule has 27 heavy (non-hydrogen) atoms. The van der Waals surface area contributed by atoms with E-state index in [4.69, 9.17) is 14.2 Å². The smallest absolute Gasteiger partial charge is 0.410 e. The largest absolute Gasteiger partial charge is 0.453 e. The average molecular weight is 373 g/mol. The van der Waals surface area contributed by atoms with Gasteiger partial charge in [0.15, 0.2) is 0 Å². The highest BCUT2D eigenvalue weighted by Crippen LogP contribution is 2.43. The number of amides is 1. The second-order valence-corrected chi connectivity index (χ2v) is 7.56. The molecule has 1 aromatic rings. The van der Waals surface area contributed by atoms with Crippen LogP contribution in [0.5, 0.6) is 0 Å². The second-order valence-electron chi connectivity index (χ2n) is 7.56. The van der Waals surface area contributed by atoms with Gasteiger partial charge < -0.3 is 14.2 Å². The van der Waals surface area contributed by atoms with Crippen molar-refractivity contribution in [3.05, 3.63) is 42.0 Å². The third-order valence-electron chi connectivity index (χ3n) is 6.04. The van der Waals surface area contributed by atoms with Gasteiger partial charge in [0, 0.05) is 13.2 Å². The number of rotatable bonds is 5. The highest BCUT2D eigenvalue weighted by molar-refractivity contribution is 5.68. The van der Waals surface area contributed by atoms with Crippen molar-refractivity contribution in [3.63, 3.8) is 0 Å². The van der Waals surface area contributed by atoms with Gasteiger partial charge in [0.25, 0.3) is 0 Å². The molecule has 5 nitrogen and oxygen atoms in total. The van der Waals surface area contributed by atoms with Crippen molar-refractivity contribution in [2.24, 2.45) is 11.8 Å². The van der Waals surface area contributed by atoms with Gasteiger partial charge in [0.05, 0.1) is 19.3 Å². The number of methoxy groups -OCH3 is 2. The molecule has 2 fully saturated rings. The number of ether oxygens (including phenoxy) is 3. The van der Waals surface area contributed by atoms with Crippen LogP contribution in [0.3, 0.4) is 0 Å².